The molecule has 0 aliphatic carbocycles. The number of methoxy groups -OCH3 is 1. The first kappa shape index (κ1) is 23.5. The summed E-state index contributed by atoms with van der Waals surface area (Å²) in [6, 6.07) is 24.5. The number of benzene rings is 3. The third-order valence-corrected chi connectivity index (χ3v) is 5.69. The third kappa shape index (κ3) is 5.36. The van der Waals surface area contributed by atoms with Gasteiger partial charge >= 0.3 is 0 Å². The van der Waals surface area contributed by atoms with Gasteiger partial charge in [-0.15, -0.1) is 0 Å². The molecule has 5 aromatic rings. The van der Waals surface area contributed by atoms with Crippen molar-refractivity contribution in [3.05, 3.63) is 103 Å². The summed E-state index contributed by atoms with van der Waals surface area (Å²) in [7, 11) is 1.64. The van der Waals surface area contributed by atoms with E-state index in [4.69, 9.17) is 19.9 Å². The van der Waals surface area contributed by atoms with Crippen LogP contribution in [0.15, 0.2) is 91.4 Å². The van der Waals surface area contributed by atoms with Crippen molar-refractivity contribution in [3.63, 3.8) is 0 Å². The van der Waals surface area contributed by atoms with Crippen LogP contribution in [0.25, 0.3) is 10.9 Å². The summed E-state index contributed by atoms with van der Waals surface area (Å²) in [4.78, 5) is 8.43. The Morgan fingerprint density at radius 1 is 0.919 bits per heavy atom. The molecule has 0 atom stereocenters. The number of nitriles is 1. The van der Waals surface area contributed by atoms with Crippen molar-refractivity contribution in [3.8, 4) is 29.1 Å². The Morgan fingerprint density at radius 3 is 2.35 bits per heavy atom. The van der Waals surface area contributed by atoms with Gasteiger partial charge in [0.15, 0.2) is 5.75 Å². The van der Waals surface area contributed by atoms with Crippen molar-refractivity contribution in [1.29, 1.82) is 5.26 Å². The van der Waals surface area contributed by atoms with Gasteiger partial charge in [0.1, 0.15) is 29.9 Å². The maximum atomic E-state index is 9.71. The van der Waals surface area contributed by atoms with Crippen LogP contribution >= 0.6 is 0 Å². The van der Waals surface area contributed by atoms with Crippen LogP contribution in [0.2, 0.25) is 0 Å². The second-order valence-electron chi connectivity index (χ2n) is 8.14. The number of aromatic nitrogens is 2. The molecule has 0 unspecified atom stereocenters. The molecule has 0 amide bonds. The molecule has 0 aliphatic heterocycles. The van der Waals surface area contributed by atoms with E-state index in [0.717, 1.165) is 22.7 Å². The number of fused-ring (bicyclic) bond motifs is 1. The van der Waals surface area contributed by atoms with Crippen molar-refractivity contribution < 1.29 is 14.2 Å². The zero-order valence-corrected chi connectivity index (χ0v) is 20.0. The molecule has 0 fully saturated rings. The Balaban J connectivity index is 1.36. The Morgan fingerprint density at radius 2 is 1.65 bits per heavy atom. The van der Waals surface area contributed by atoms with E-state index >= 15 is 0 Å². The minimum Gasteiger partial charge on any atom is -0.497 e. The second-order valence-corrected chi connectivity index (χ2v) is 8.14. The number of nitrogens with one attached hydrogen (secondary N) is 1. The fourth-order valence-electron chi connectivity index (χ4n) is 3.74. The Hall–Kier alpha value is -5.29. The van der Waals surface area contributed by atoms with Crippen molar-refractivity contribution >= 4 is 28.0 Å². The van der Waals surface area contributed by atoms with E-state index < -0.39 is 0 Å². The number of ether oxygens (including phenoxy) is 3. The Kier molecular flexibility index (Phi) is 6.68. The zero-order chi connectivity index (χ0) is 25.6. The predicted octanol–water partition coefficient (Wildman–Crippen LogP) is 6.21. The highest BCUT2D eigenvalue weighted by molar-refractivity contribution is 5.98. The van der Waals surface area contributed by atoms with Crippen molar-refractivity contribution in [1.82, 2.24) is 9.97 Å². The molecule has 0 saturated heterocycles. The van der Waals surface area contributed by atoms with E-state index in [1.807, 2.05) is 48.5 Å². The first-order valence-electron chi connectivity index (χ1n) is 11.5. The van der Waals surface area contributed by atoms with Crippen molar-refractivity contribution in [2.75, 3.05) is 18.2 Å². The van der Waals surface area contributed by atoms with Gasteiger partial charge in [-0.2, -0.15) is 5.26 Å². The number of anilines is 3. The number of hydrogen-bond donors (Lipinski definition) is 2. The fraction of sp³-hybridized carbons (Fsp3) is 0.0690. The first-order valence-corrected chi connectivity index (χ1v) is 11.5. The number of nitrogen functional groups attached to an aromatic ring is 1. The van der Waals surface area contributed by atoms with Crippen molar-refractivity contribution in [2.24, 2.45) is 0 Å². The highest BCUT2D eigenvalue weighted by Gasteiger charge is 2.13. The normalized spacial score (nSPS) is 10.5. The summed E-state index contributed by atoms with van der Waals surface area (Å²) < 4.78 is 17.0. The monoisotopic (exact) mass is 489 g/mol. The van der Waals surface area contributed by atoms with Gasteiger partial charge in [-0.3, -0.25) is 9.97 Å². The molecule has 0 spiro atoms. The van der Waals surface area contributed by atoms with Crippen LogP contribution in [-0.2, 0) is 6.61 Å². The van der Waals surface area contributed by atoms with E-state index in [2.05, 4.69) is 21.4 Å². The number of pyridine rings is 2. The largest absolute Gasteiger partial charge is 0.497 e. The fourth-order valence-corrected chi connectivity index (χ4v) is 3.74. The molecule has 2 heterocycles. The molecular formula is C29H23N5O3. The van der Waals surface area contributed by atoms with Crippen LogP contribution in [0.3, 0.4) is 0 Å². The molecule has 8 heteroatoms. The number of rotatable bonds is 8. The average Bonchev–Trinajstić information content (AvgIpc) is 2.94. The maximum absolute atomic E-state index is 9.71. The highest BCUT2D eigenvalue weighted by Crippen LogP contribution is 2.36. The molecule has 0 aliphatic rings. The van der Waals surface area contributed by atoms with Gasteiger partial charge < -0.3 is 25.3 Å². The smallest absolute Gasteiger partial charge is 0.152 e. The molecule has 5 rings (SSSR count). The van der Waals surface area contributed by atoms with Crippen molar-refractivity contribution in [2.45, 2.75) is 6.61 Å². The molecule has 3 N–H and O–H groups in total. The summed E-state index contributed by atoms with van der Waals surface area (Å²) >= 11 is 0. The molecule has 3 aromatic carbocycles. The quantitative estimate of drug-likeness (QED) is 0.247. The average molecular weight is 490 g/mol. The molecule has 182 valence electrons. The standard InChI is InChI=1S/C29H23N5O3/c1-35-22-6-2-19(3-7-22)18-36-23-8-4-21(5-9-23)34-29-20(16-30)17-33-27-15-28(26(31)14-25(27)29)37-24-10-12-32-13-11-24/h2-15,17H,18,31H2,1H3,(H,33,34). The lowest BCUT2D eigenvalue weighted by atomic mass is 10.1. The molecule has 2 aromatic heterocycles. The predicted molar refractivity (Wildman–Crippen MR) is 142 cm³/mol. The SMILES string of the molecule is COc1ccc(COc2ccc(Nc3c(C#N)cnc4cc(Oc5ccncc5)c(N)cc34)cc2)cc1. The van der Waals surface area contributed by atoms with Crippen LogP contribution in [0.5, 0.6) is 23.0 Å². The molecule has 0 bridgehead atoms. The number of nitrogens with zero attached hydrogens (tertiary/aromatic N) is 3. The van der Waals surface area contributed by atoms with Gasteiger partial charge in [0.25, 0.3) is 0 Å². The summed E-state index contributed by atoms with van der Waals surface area (Å²) in [5.41, 5.74) is 10.2. The minimum absolute atomic E-state index is 0.398. The van der Waals surface area contributed by atoms with Gasteiger partial charge in [-0.1, -0.05) is 12.1 Å². The van der Waals surface area contributed by atoms with Crippen LogP contribution in [0.1, 0.15) is 11.1 Å². The van der Waals surface area contributed by atoms with Gasteiger partial charge in [0.05, 0.1) is 29.6 Å². The molecular weight excluding hydrogens is 466 g/mol. The van der Waals surface area contributed by atoms with E-state index in [0.29, 0.717) is 45.9 Å². The molecule has 8 nitrogen and oxygen atoms in total. The van der Waals surface area contributed by atoms with Gasteiger partial charge in [-0.05, 0) is 60.2 Å². The highest BCUT2D eigenvalue weighted by atomic mass is 16.5. The minimum atomic E-state index is 0.398. The first-order chi connectivity index (χ1) is 18.1. The lowest BCUT2D eigenvalue weighted by Gasteiger charge is -2.15. The second kappa shape index (κ2) is 10.5. The molecule has 0 saturated carbocycles. The van der Waals surface area contributed by atoms with Gasteiger partial charge in [0.2, 0.25) is 0 Å². The van der Waals surface area contributed by atoms with Crippen LogP contribution < -0.4 is 25.3 Å². The third-order valence-electron chi connectivity index (χ3n) is 5.69. The molecule has 37 heavy (non-hydrogen) atoms. The van der Waals surface area contributed by atoms with Crippen LogP contribution in [-0.4, -0.2) is 17.1 Å². The summed E-state index contributed by atoms with van der Waals surface area (Å²) in [6.07, 6.45) is 4.81. The summed E-state index contributed by atoms with van der Waals surface area (Å²) in [5, 5.41) is 13.8. The van der Waals surface area contributed by atoms with E-state index in [-0.39, 0.29) is 0 Å². The topological polar surface area (TPSA) is 115 Å². The lowest BCUT2D eigenvalue weighted by molar-refractivity contribution is 0.306. The van der Waals surface area contributed by atoms with Gasteiger partial charge in [0, 0.05) is 35.7 Å². The Labute approximate surface area is 213 Å². The summed E-state index contributed by atoms with van der Waals surface area (Å²) in [6.45, 7) is 0.438. The Bertz CT molecular complexity index is 1560. The summed E-state index contributed by atoms with van der Waals surface area (Å²) in [5.74, 6) is 2.62. The zero-order valence-electron chi connectivity index (χ0n) is 20.0. The number of nitrogens with two attached hydrogens (primary N) is 1. The van der Waals surface area contributed by atoms with Gasteiger partial charge in [-0.25, -0.2) is 0 Å². The van der Waals surface area contributed by atoms with Crippen LogP contribution in [0.4, 0.5) is 17.1 Å². The number of hydrogen-bond acceptors (Lipinski definition) is 8. The van der Waals surface area contributed by atoms with Crippen LogP contribution in [0, 0.1) is 11.3 Å². The van der Waals surface area contributed by atoms with E-state index in [1.54, 1.807) is 43.8 Å². The molecule has 0 radical (unpaired) electrons. The lowest BCUT2D eigenvalue weighted by Crippen LogP contribution is -1.99. The maximum Gasteiger partial charge on any atom is 0.152 e. The van der Waals surface area contributed by atoms with E-state index in [1.165, 1.54) is 6.20 Å². The van der Waals surface area contributed by atoms with E-state index in [9.17, 15) is 5.26 Å².